The molecule has 4 N–H and O–H groups in total. The standard InChI is InChI=1S/C40H51BN5O4Si.C23H26BN2O4/c1-28-38(29(2)46(44-28)27-50-22-23-51(3,4)5)33-12-15-35(16-13-33)42-40(48)39(43-41-26-47)36-17-14-32-10-11-34(24-37(32)36)31-8-6-30(7-9-31)25-45-18-20-49-21-19-45;27-15-24-25-22(23(28)29)20-8-7-18-5-6-19(13-21(18)20)17-3-1-16(2-4-17)14-26-9-11-30-12-10-26/h6-13,15-16,24,26,36,39,43H,14,17-23,25,27H2,1-5H3,(H,42,48);1-6,13,15,20,22,25H,7-12,14H2,(H,28,29)/t36-,39+;20-,22+/m11/s1. The van der Waals surface area contributed by atoms with Gasteiger partial charge >= 0.3 is 5.97 Å². The molecule has 3 heterocycles. The Bertz CT molecular complexity index is 3090. The topological polar surface area (TPSA) is 177 Å². The van der Waals surface area contributed by atoms with Crippen LogP contribution < -0.4 is 15.8 Å². The fraction of sp³-hybridized carbons (Fsp3) is 0.413. The van der Waals surface area contributed by atoms with Crippen molar-refractivity contribution in [3.8, 4) is 33.4 Å². The lowest BCUT2D eigenvalue weighted by molar-refractivity contribution is -0.139. The molecule has 15 nitrogen and oxygen atoms in total. The van der Waals surface area contributed by atoms with E-state index in [4.69, 9.17) is 19.3 Å². The summed E-state index contributed by atoms with van der Waals surface area (Å²) in [6, 6.07) is 37.9. The first-order chi connectivity index (χ1) is 39.2. The average Bonchev–Trinajstić information content (AvgIpc) is 4.41. The zero-order valence-corrected chi connectivity index (χ0v) is 48.6. The van der Waals surface area contributed by atoms with Gasteiger partial charge in [0.2, 0.25) is 5.91 Å². The number of carboxylic acid groups (broad SMARTS) is 1. The molecule has 81 heavy (non-hydrogen) atoms. The van der Waals surface area contributed by atoms with E-state index in [-0.39, 0.29) is 17.7 Å². The van der Waals surface area contributed by atoms with Crippen LogP contribution >= 0.6 is 0 Å². The third kappa shape index (κ3) is 15.6. The van der Waals surface area contributed by atoms with Crippen molar-refractivity contribution in [3.05, 3.63) is 154 Å². The third-order valence-corrected chi connectivity index (χ3v) is 17.9. The number of benzene rings is 5. The number of hydrogen-bond acceptors (Lipinski definition) is 12. The van der Waals surface area contributed by atoms with E-state index in [1.54, 1.807) is 0 Å². The molecule has 4 atom stereocenters. The lowest BCUT2D eigenvalue weighted by Gasteiger charge is -2.26. The predicted molar refractivity (Wildman–Crippen MR) is 324 cm³/mol. The van der Waals surface area contributed by atoms with Crippen LogP contribution in [0.1, 0.15) is 69.4 Å². The minimum Gasteiger partial charge on any atom is -0.480 e. The van der Waals surface area contributed by atoms with Crippen molar-refractivity contribution in [1.82, 2.24) is 30.0 Å². The van der Waals surface area contributed by atoms with Crippen LogP contribution in [0.15, 0.2) is 109 Å². The van der Waals surface area contributed by atoms with Gasteiger partial charge in [-0.3, -0.25) is 19.4 Å². The number of aromatic nitrogens is 2. The molecule has 2 aliphatic carbocycles. The Kier molecular flexibility index (Phi) is 20.6. The number of nitrogens with one attached hydrogen (secondary N) is 3. The molecular formula is C63H77B2N7O8Si. The smallest absolute Gasteiger partial charge is 0.320 e. The van der Waals surface area contributed by atoms with Crippen molar-refractivity contribution in [3.63, 3.8) is 0 Å². The molecule has 2 aliphatic heterocycles. The number of carbonyl (C=O) groups is 4. The number of rotatable bonds is 23. The van der Waals surface area contributed by atoms with Crippen LogP contribution in [-0.2, 0) is 66.1 Å². The zero-order chi connectivity index (χ0) is 56.9. The maximum Gasteiger partial charge on any atom is 0.320 e. The molecule has 4 aliphatic rings. The largest absolute Gasteiger partial charge is 0.480 e. The Morgan fingerprint density at radius 2 is 1.15 bits per heavy atom. The predicted octanol–water partition coefficient (Wildman–Crippen LogP) is 8.48. The molecular weight excluding hydrogens is 1030 g/mol. The van der Waals surface area contributed by atoms with E-state index >= 15 is 0 Å². The van der Waals surface area contributed by atoms with Crippen LogP contribution in [0.3, 0.4) is 0 Å². The van der Waals surface area contributed by atoms with Gasteiger partial charge in [-0.25, -0.2) is 4.68 Å². The van der Waals surface area contributed by atoms with Gasteiger partial charge in [-0.2, -0.15) is 5.10 Å². The van der Waals surface area contributed by atoms with Gasteiger partial charge in [0.1, 0.15) is 12.8 Å². The summed E-state index contributed by atoms with van der Waals surface area (Å²) in [5.41, 5.74) is 16.5. The minimum absolute atomic E-state index is 0.0832. The number of nitrogens with zero attached hydrogens (tertiary/aromatic N) is 4. The van der Waals surface area contributed by atoms with Crippen LogP contribution in [0, 0.1) is 13.8 Å². The van der Waals surface area contributed by atoms with Crippen LogP contribution in [0.2, 0.25) is 25.7 Å². The summed E-state index contributed by atoms with van der Waals surface area (Å²) in [4.78, 5) is 52.5. The molecule has 1 aromatic heterocycles. The number of fused-ring (bicyclic) bond motifs is 2. The Labute approximate surface area is 480 Å². The zero-order valence-electron chi connectivity index (χ0n) is 47.6. The summed E-state index contributed by atoms with van der Waals surface area (Å²) >= 11 is 0. The molecule has 5 aromatic carbocycles. The Balaban J connectivity index is 0.000000224. The van der Waals surface area contributed by atoms with E-state index in [0.717, 1.165) is 160 Å². The van der Waals surface area contributed by atoms with Crippen molar-refractivity contribution in [2.45, 2.75) is 109 Å². The van der Waals surface area contributed by atoms with Crippen molar-refractivity contribution in [2.24, 2.45) is 0 Å². The SMILES string of the molecule is Cc1nn(COCC[Si](C)(C)C)c(C)c1-c1ccc(NC(=O)[C@@H](N[B]C=O)[C@@H]2CCc3ccc(-c4ccc(CN5CCOCC5)cc4)cc32)cc1.O=C[B]N[C@H](C(=O)O)[C@@H]1CCc2ccc(-c3ccc(CN4CCOCC4)cc3)cc21. The van der Waals surface area contributed by atoms with Crippen LogP contribution in [0.4, 0.5) is 5.69 Å². The highest BCUT2D eigenvalue weighted by atomic mass is 28.3. The average molecular weight is 1110 g/mol. The van der Waals surface area contributed by atoms with Gasteiger partial charge in [0.15, 0.2) is 0 Å². The highest BCUT2D eigenvalue weighted by Gasteiger charge is 2.36. The Hall–Kier alpha value is -6.34. The monoisotopic (exact) mass is 1110 g/mol. The van der Waals surface area contributed by atoms with E-state index in [9.17, 15) is 24.3 Å². The second-order valence-corrected chi connectivity index (χ2v) is 28.6. The molecule has 2 saturated heterocycles. The number of carbonyl (C=O) groups excluding carboxylic acids is 3. The maximum absolute atomic E-state index is 13.9. The molecule has 0 unspecified atom stereocenters. The Morgan fingerprint density at radius 3 is 1.63 bits per heavy atom. The molecule has 422 valence electrons. The van der Waals surface area contributed by atoms with Crippen molar-refractivity contribution >= 4 is 52.8 Å². The highest BCUT2D eigenvalue weighted by Crippen LogP contribution is 2.40. The van der Waals surface area contributed by atoms with Gasteiger partial charge < -0.3 is 44.7 Å². The molecule has 2 radical (unpaired) electrons. The maximum atomic E-state index is 13.9. The molecule has 0 spiro atoms. The quantitative estimate of drug-likeness (QED) is 0.0273. The van der Waals surface area contributed by atoms with Gasteiger partial charge in [0, 0.05) is 82.7 Å². The van der Waals surface area contributed by atoms with Gasteiger partial charge in [-0.1, -0.05) is 117 Å². The second-order valence-electron chi connectivity index (χ2n) is 23.0. The van der Waals surface area contributed by atoms with E-state index in [0.29, 0.717) is 24.8 Å². The molecule has 10 rings (SSSR count). The summed E-state index contributed by atoms with van der Waals surface area (Å²) in [6.45, 7) is 21.2. The number of morpholine rings is 2. The van der Waals surface area contributed by atoms with Gasteiger partial charge in [-0.15, -0.1) is 0 Å². The first-order valence-corrected chi connectivity index (χ1v) is 32.3. The van der Waals surface area contributed by atoms with Gasteiger partial charge in [0.05, 0.1) is 50.5 Å². The fourth-order valence-corrected chi connectivity index (χ4v) is 12.4. The fourth-order valence-electron chi connectivity index (χ4n) is 11.7. The summed E-state index contributed by atoms with van der Waals surface area (Å²) in [5, 5.41) is 23.4. The number of anilines is 1. The van der Waals surface area contributed by atoms with Crippen LogP contribution in [-0.4, -0.2) is 143 Å². The second kappa shape index (κ2) is 28.1. The van der Waals surface area contributed by atoms with Gasteiger partial charge in [-0.05, 0) is 119 Å². The number of carboxylic acids is 1. The van der Waals surface area contributed by atoms with E-state index in [2.05, 4.69) is 137 Å². The summed E-state index contributed by atoms with van der Waals surface area (Å²) in [7, 11) is 1.35. The summed E-state index contributed by atoms with van der Waals surface area (Å²) in [6.07, 6.45) is 4.59. The first kappa shape index (κ1) is 59.3. The van der Waals surface area contributed by atoms with Crippen LogP contribution in [0.5, 0.6) is 0 Å². The number of aliphatic carboxylic acids is 1. The lowest BCUT2D eigenvalue weighted by atomic mass is 9.86. The number of ether oxygens (including phenoxy) is 3. The first-order valence-electron chi connectivity index (χ1n) is 28.6. The van der Waals surface area contributed by atoms with E-state index in [1.165, 1.54) is 37.1 Å². The molecule has 0 saturated carbocycles. The molecule has 2 fully saturated rings. The minimum atomic E-state index is -1.15. The Morgan fingerprint density at radius 1 is 0.679 bits per heavy atom. The van der Waals surface area contributed by atoms with Crippen LogP contribution in [0.25, 0.3) is 33.4 Å². The van der Waals surface area contributed by atoms with Crippen molar-refractivity contribution in [1.29, 1.82) is 0 Å². The van der Waals surface area contributed by atoms with Crippen molar-refractivity contribution in [2.75, 3.05) is 64.5 Å². The number of amides is 1. The lowest BCUT2D eigenvalue weighted by Crippen LogP contribution is -2.46. The van der Waals surface area contributed by atoms with E-state index in [1.807, 2.05) is 35.9 Å². The molecule has 1 amide bonds. The summed E-state index contributed by atoms with van der Waals surface area (Å²) in [5.74, 6) is -1.36. The number of hydrogen-bond donors (Lipinski definition) is 4. The summed E-state index contributed by atoms with van der Waals surface area (Å²) < 4.78 is 18.8. The van der Waals surface area contributed by atoms with E-state index < -0.39 is 26.1 Å². The molecule has 6 aromatic rings. The molecule has 0 bridgehead atoms. The number of aryl methyl sites for hydroxylation is 3. The van der Waals surface area contributed by atoms with Crippen molar-refractivity contribution < 1.29 is 38.5 Å². The third-order valence-electron chi connectivity index (χ3n) is 16.2. The highest BCUT2D eigenvalue weighted by molar-refractivity contribution is 6.76. The van der Waals surface area contributed by atoms with Gasteiger partial charge in [0.25, 0.3) is 14.8 Å². The normalized spacial score (nSPS) is 17.9. The molecule has 18 heteroatoms.